The largest absolute Gasteiger partial charge is 0.336 e. The number of nitrogens with zero attached hydrogens (tertiary/aromatic N) is 1. The van der Waals surface area contributed by atoms with Crippen LogP contribution in [-0.2, 0) is 0 Å². The zero-order valence-electron chi connectivity index (χ0n) is 14.0. The van der Waals surface area contributed by atoms with Crippen LogP contribution in [0.2, 0.25) is 0 Å². The van der Waals surface area contributed by atoms with Gasteiger partial charge in [0.05, 0.1) is 0 Å². The van der Waals surface area contributed by atoms with Gasteiger partial charge in [-0.25, -0.2) is 4.79 Å². The molecule has 6 heteroatoms. The smallest absolute Gasteiger partial charge is 0.317 e. The molecule has 1 aliphatic heterocycles. The van der Waals surface area contributed by atoms with E-state index in [1.807, 2.05) is 4.90 Å². The molecule has 0 spiro atoms. The highest BCUT2D eigenvalue weighted by Gasteiger charge is 2.18. The molecule has 6 nitrogen and oxygen atoms in total. The standard InChI is InChI=1S/C11H25N5O.C4H10/c12-3-1-2-10(8-13)9-14-4-6-16-7-5-15-11(16)17;1-4(2)3/h10,14H,1-9,12-13H2,(H,15,17);4H,1-3H3. The summed E-state index contributed by atoms with van der Waals surface area (Å²) < 4.78 is 0. The average molecular weight is 301 g/mol. The molecule has 0 aromatic heterocycles. The maximum Gasteiger partial charge on any atom is 0.317 e. The zero-order chi connectivity index (χ0) is 16.1. The Balaban J connectivity index is 0.000000885. The third kappa shape index (κ3) is 11.5. The van der Waals surface area contributed by atoms with Crippen LogP contribution in [0.4, 0.5) is 4.79 Å². The van der Waals surface area contributed by atoms with Gasteiger partial charge in [0.15, 0.2) is 0 Å². The van der Waals surface area contributed by atoms with Crippen LogP contribution in [-0.4, -0.2) is 56.7 Å². The lowest BCUT2D eigenvalue weighted by atomic mass is 10.0. The summed E-state index contributed by atoms with van der Waals surface area (Å²) >= 11 is 0. The van der Waals surface area contributed by atoms with E-state index in [0.717, 1.165) is 58.0 Å². The van der Waals surface area contributed by atoms with E-state index in [2.05, 4.69) is 31.4 Å². The van der Waals surface area contributed by atoms with Gasteiger partial charge in [-0.2, -0.15) is 0 Å². The monoisotopic (exact) mass is 301 g/mol. The Morgan fingerprint density at radius 1 is 1.33 bits per heavy atom. The summed E-state index contributed by atoms with van der Waals surface area (Å²) in [7, 11) is 0. The summed E-state index contributed by atoms with van der Waals surface area (Å²) in [5, 5.41) is 6.13. The minimum atomic E-state index is 0.0466. The Hall–Kier alpha value is -0.850. The molecule has 1 atom stereocenters. The van der Waals surface area contributed by atoms with Gasteiger partial charge in [-0.1, -0.05) is 20.8 Å². The van der Waals surface area contributed by atoms with E-state index in [0.29, 0.717) is 12.5 Å². The predicted molar refractivity (Wildman–Crippen MR) is 89.2 cm³/mol. The second-order valence-corrected chi connectivity index (χ2v) is 6.19. The number of carbonyl (C=O) groups is 1. The second kappa shape index (κ2) is 12.9. The van der Waals surface area contributed by atoms with Gasteiger partial charge in [0.2, 0.25) is 0 Å². The lowest BCUT2D eigenvalue weighted by Crippen LogP contribution is -2.37. The summed E-state index contributed by atoms with van der Waals surface area (Å²) in [6.07, 6.45) is 2.10. The van der Waals surface area contributed by atoms with E-state index in [1.165, 1.54) is 0 Å². The van der Waals surface area contributed by atoms with E-state index in [1.54, 1.807) is 0 Å². The molecular weight excluding hydrogens is 266 g/mol. The van der Waals surface area contributed by atoms with Crippen LogP contribution in [0.15, 0.2) is 0 Å². The van der Waals surface area contributed by atoms with Crippen molar-refractivity contribution in [2.24, 2.45) is 23.3 Å². The average Bonchev–Trinajstić information content (AvgIpc) is 2.83. The Morgan fingerprint density at radius 3 is 2.48 bits per heavy atom. The van der Waals surface area contributed by atoms with E-state index in [4.69, 9.17) is 11.5 Å². The Labute approximate surface area is 130 Å². The van der Waals surface area contributed by atoms with Crippen molar-refractivity contribution in [1.82, 2.24) is 15.5 Å². The highest BCUT2D eigenvalue weighted by atomic mass is 16.2. The lowest BCUT2D eigenvalue weighted by molar-refractivity contribution is 0.217. The molecule has 0 radical (unpaired) electrons. The van der Waals surface area contributed by atoms with Crippen molar-refractivity contribution in [3.8, 4) is 0 Å². The molecule has 2 amide bonds. The van der Waals surface area contributed by atoms with Gasteiger partial charge in [0, 0.05) is 26.2 Å². The third-order valence-corrected chi connectivity index (χ3v) is 3.09. The predicted octanol–water partition coefficient (Wildman–Crippen LogP) is 0.577. The Kier molecular flexibility index (Phi) is 12.3. The first-order valence-electron chi connectivity index (χ1n) is 8.14. The van der Waals surface area contributed by atoms with Crippen LogP contribution in [0.25, 0.3) is 0 Å². The Morgan fingerprint density at radius 2 is 2.00 bits per heavy atom. The van der Waals surface area contributed by atoms with Crippen molar-refractivity contribution in [2.75, 3.05) is 45.8 Å². The first kappa shape index (κ1) is 20.1. The molecule has 1 fully saturated rings. The number of nitrogens with one attached hydrogen (secondary N) is 2. The van der Waals surface area contributed by atoms with Crippen LogP contribution < -0.4 is 22.1 Å². The molecule has 1 aliphatic rings. The maximum absolute atomic E-state index is 11.3. The fraction of sp³-hybridized carbons (Fsp3) is 0.933. The lowest BCUT2D eigenvalue weighted by Gasteiger charge is -2.17. The quantitative estimate of drug-likeness (QED) is 0.468. The summed E-state index contributed by atoms with van der Waals surface area (Å²) in [5.41, 5.74) is 11.2. The first-order valence-corrected chi connectivity index (χ1v) is 8.14. The van der Waals surface area contributed by atoms with Crippen LogP contribution >= 0.6 is 0 Å². The van der Waals surface area contributed by atoms with Crippen molar-refractivity contribution in [3.05, 3.63) is 0 Å². The van der Waals surface area contributed by atoms with Crippen LogP contribution in [0, 0.1) is 11.8 Å². The number of urea groups is 1. The van der Waals surface area contributed by atoms with Gasteiger partial charge < -0.3 is 27.0 Å². The molecule has 0 aromatic rings. The normalized spacial score (nSPS) is 15.7. The zero-order valence-corrected chi connectivity index (χ0v) is 14.0. The summed E-state index contributed by atoms with van der Waals surface area (Å²) in [4.78, 5) is 13.1. The van der Waals surface area contributed by atoms with E-state index in [-0.39, 0.29) is 6.03 Å². The van der Waals surface area contributed by atoms with E-state index in [9.17, 15) is 4.79 Å². The molecular formula is C15H35N5O. The molecule has 0 saturated carbocycles. The van der Waals surface area contributed by atoms with Crippen LogP contribution in [0.3, 0.4) is 0 Å². The second-order valence-electron chi connectivity index (χ2n) is 6.19. The fourth-order valence-corrected chi connectivity index (χ4v) is 1.95. The molecule has 0 aliphatic carbocycles. The van der Waals surface area contributed by atoms with Crippen molar-refractivity contribution in [1.29, 1.82) is 0 Å². The van der Waals surface area contributed by atoms with Crippen molar-refractivity contribution >= 4 is 6.03 Å². The van der Waals surface area contributed by atoms with Gasteiger partial charge in [-0.3, -0.25) is 0 Å². The SMILES string of the molecule is CC(C)C.NCCCC(CN)CNCCN1CCNC1=O. The molecule has 21 heavy (non-hydrogen) atoms. The minimum absolute atomic E-state index is 0.0466. The maximum atomic E-state index is 11.3. The van der Waals surface area contributed by atoms with Crippen molar-refractivity contribution in [2.45, 2.75) is 33.6 Å². The van der Waals surface area contributed by atoms with Crippen LogP contribution in [0.5, 0.6) is 0 Å². The summed E-state index contributed by atoms with van der Waals surface area (Å²) in [5.74, 6) is 1.32. The molecule has 126 valence electrons. The molecule has 1 heterocycles. The van der Waals surface area contributed by atoms with Crippen molar-refractivity contribution in [3.63, 3.8) is 0 Å². The highest BCUT2D eigenvalue weighted by Crippen LogP contribution is 2.02. The highest BCUT2D eigenvalue weighted by molar-refractivity contribution is 5.76. The molecule has 6 N–H and O–H groups in total. The first-order chi connectivity index (χ1) is 10.0. The fourth-order valence-electron chi connectivity index (χ4n) is 1.95. The minimum Gasteiger partial charge on any atom is -0.336 e. The summed E-state index contributed by atoms with van der Waals surface area (Å²) in [6.45, 7) is 12.0. The van der Waals surface area contributed by atoms with Gasteiger partial charge in [-0.15, -0.1) is 0 Å². The number of hydrogen-bond donors (Lipinski definition) is 4. The summed E-state index contributed by atoms with van der Waals surface area (Å²) in [6, 6.07) is 0.0466. The molecule has 1 rings (SSSR count). The van der Waals surface area contributed by atoms with Gasteiger partial charge in [0.25, 0.3) is 0 Å². The molecule has 0 aromatic carbocycles. The number of amides is 2. The van der Waals surface area contributed by atoms with Gasteiger partial charge in [-0.05, 0) is 44.3 Å². The third-order valence-electron chi connectivity index (χ3n) is 3.09. The Bertz CT molecular complexity index is 258. The van der Waals surface area contributed by atoms with E-state index < -0.39 is 0 Å². The number of carbonyl (C=O) groups excluding carboxylic acids is 1. The van der Waals surface area contributed by atoms with Crippen molar-refractivity contribution < 1.29 is 4.79 Å². The molecule has 0 bridgehead atoms. The molecule has 1 saturated heterocycles. The number of hydrogen-bond acceptors (Lipinski definition) is 4. The van der Waals surface area contributed by atoms with Gasteiger partial charge >= 0.3 is 6.03 Å². The number of nitrogens with two attached hydrogens (primary N) is 2. The number of rotatable bonds is 9. The topological polar surface area (TPSA) is 96.4 Å². The molecule has 1 unspecified atom stereocenters. The van der Waals surface area contributed by atoms with Crippen LogP contribution in [0.1, 0.15) is 33.6 Å². The van der Waals surface area contributed by atoms with Gasteiger partial charge in [0.1, 0.15) is 0 Å². The van der Waals surface area contributed by atoms with E-state index >= 15 is 0 Å².